The summed E-state index contributed by atoms with van der Waals surface area (Å²) in [6.07, 6.45) is 3.04. The summed E-state index contributed by atoms with van der Waals surface area (Å²) >= 11 is 0. The van der Waals surface area contributed by atoms with Gasteiger partial charge < -0.3 is 14.7 Å². The van der Waals surface area contributed by atoms with Crippen molar-refractivity contribution in [1.29, 1.82) is 0 Å². The van der Waals surface area contributed by atoms with Crippen molar-refractivity contribution < 1.29 is 14.6 Å². The standard InChI is InChI=1S/C18H24N4O3/c1-14(2)22-11-16(19-20-22)18(24)9-6-10-21(13-18)17(23)12-25-15-7-4-3-5-8-15/h3-5,7-8,11,14,24H,6,9-10,12-13H2,1-2H3/t18-/m0/s1. The van der Waals surface area contributed by atoms with Crippen molar-refractivity contribution in [3.8, 4) is 5.75 Å². The highest BCUT2D eigenvalue weighted by atomic mass is 16.5. The number of carbonyl (C=O) groups excluding carboxylic acids is 1. The highest BCUT2D eigenvalue weighted by Crippen LogP contribution is 2.30. The lowest BCUT2D eigenvalue weighted by atomic mass is 9.90. The minimum Gasteiger partial charge on any atom is -0.484 e. The van der Waals surface area contributed by atoms with Gasteiger partial charge in [0, 0.05) is 12.6 Å². The Morgan fingerprint density at radius 1 is 1.36 bits per heavy atom. The maximum absolute atomic E-state index is 12.5. The third-order valence-electron chi connectivity index (χ3n) is 4.45. The van der Waals surface area contributed by atoms with E-state index in [1.165, 1.54) is 0 Å². The summed E-state index contributed by atoms with van der Waals surface area (Å²) in [6, 6.07) is 9.40. The highest BCUT2D eigenvalue weighted by molar-refractivity contribution is 5.78. The summed E-state index contributed by atoms with van der Waals surface area (Å²) in [5, 5.41) is 19.2. The van der Waals surface area contributed by atoms with Crippen LogP contribution in [0.1, 0.15) is 38.4 Å². The molecule has 7 nitrogen and oxygen atoms in total. The molecule has 7 heteroatoms. The first-order valence-electron chi connectivity index (χ1n) is 8.58. The Hall–Kier alpha value is -2.41. The molecule has 1 fully saturated rings. The molecule has 3 rings (SSSR count). The second-order valence-corrected chi connectivity index (χ2v) is 6.73. The molecule has 1 aromatic heterocycles. The molecule has 1 aliphatic rings. The van der Waals surface area contributed by atoms with Crippen molar-refractivity contribution in [3.05, 3.63) is 42.2 Å². The number of para-hydroxylation sites is 1. The van der Waals surface area contributed by atoms with Gasteiger partial charge in [0.15, 0.2) is 6.61 Å². The van der Waals surface area contributed by atoms with Gasteiger partial charge in [-0.05, 0) is 38.8 Å². The average molecular weight is 344 g/mol. The Bertz CT molecular complexity index is 716. The number of aromatic nitrogens is 3. The number of hydrogen-bond donors (Lipinski definition) is 1. The van der Waals surface area contributed by atoms with E-state index in [4.69, 9.17) is 4.74 Å². The van der Waals surface area contributed by atoms with Crippen LogP contribution in [0.25, 0.3) is 0 Å². The summed E-state index contributed by atoms with van der Waals surface area (Å²) in [4.78, 5) is 14.1. The van der Waals surface area contributed by atoms with Crippen LogP contribution in [0.4, 0.5) is 0 Å². The van der Waals surface area contributed by atoms with E-state index < -0.39 is 5.60 Å². The second-order valence-electron chi connectivity index (χ2n) is 6.73. The van der Waals surface area contributed by atoms with Gasteiger partial charge in [-0.1, -0.05) is 23.4 Å². The zero-order valence-corrected chi connectivity index (χ0v) is 14.6. The van der Waals surface area contributed by atoms with Crippen LogP contribution in [-0.4, -0.2) is 50.6 Å². The van der Waals surface area contributed by atoms with Crippen LogP contribution >= 0.6 is 0 Å². The molecule has 0 aliphatic carbocycles. The Balaban J connectivity index is 1.64. The highest BCUT2D eigenvalue weighted by Gasteiger charge is 2.39. The van der Waals surface area contributed by atoms with Crippen molar-refractivity contribution in [3.63, 3.8) is 0 Å². The molecular formula is C18H24N4O3. The zero-order valence-electron chi connectivity index (χ0n) is 14.6. The smallest absolute Gasteiger partial charge is 0.260 e. The largest absolute Gasteiger partial charge is 0.484 e. The van der Waals surface area contributed by atoms with Crippen molar-refractivity contribution in [2.75, 3.05) is 19.7 Å². The Morgan fingerprint density at radius 3 is 2.80 bits per heavy atom. The number of amides is 1. The predicted molar refractivity (Wildman–Crippen MR) is 92.1 cm³/mol. The maximum atomic E-state index is 12.5. The number of benzene rings is 1. The van der Waals surface area contributed by atoms with Crippen LogP contribution in [0.2, 0.25) is 0 Å². The first-order valence-corrected chi connectivity index (χ1v) is 8.58. The number of carbonyl (C=O) groups is 1. The predicted octanol–water partition coefficient (Wildman–Crippen LogP) is 1.75. The van der Waals surface area contributed by atoms with E-state index in [1.807, 2.05) is 44.2 Å². The molecule has 0 radical (unpaired) electrons. The van der Waals surface area contributed by atoms with Gasteiger partial charge in [-0.2, -0.15) is 0 Å². The monoisotopic (exact) mass is 344 g/mol. The second kappa shape index (κ2) is 7.23. The molecule has 2 aromatic rings. The number of piperidine rings is 1. The number of ether oxygens (including phenoxy) is 1. The molecule has 1 amide bonds. The van der Waals surface area contributed by atoms with E-state index in [9.17, 15) is 9.90 Å². The van der Waals surface area contributed by atoms with Crippen LogP contribution in [-0.2, 0) is 10.4 Å². The van der Waals surface area contributed by atoms with Crippen molar-refractivity contribution in [1.82, 2.24) is 19.9 Å². The normalized spacial score (nSPS) is 20.7. The molecule has 25 heavy (non-hydrogen) atoms. The molecule has 1 N–H and O–H groups in total. The molecule has 2 heterocycles. The number of aliphatic hydroxyl groups is 1. The van der Waals surface area contributed by atoms with Gasteiger partial charge in [-0.3, -0.25) is 4.79 Å². The van der Waals surface area contributed by atoms with Crippen LogP contribution in [0.15, 0.2) is 36.5 Å². The third kappa shape index (κ3) is 3.99. The van der Waals surface area contributed by atoms with E-state index in [2.05, 4.69) is 10.3 Å². The van der Waals surface area contributed by atoms with Crippen LogP contribution < -0.4 is 4.74 Å². The Labute approximate surface area is 147 Å². The molecule has 0 bridgehead atoms. The number of nitrogens with zero attached hydrogens (tertiary/aromatic N) is 4. The fourth-order valence-electron chi connectivity index (χ4n) is 2.95. The lowest BCUT2D eigenvalue weighted by molar-refractivity contribution is -0.141. The molecule has 0 spiro atoms. The van der Waals surface area contributed by atoms with Gasteiger partial charge >= 0.3 is 0 Å². The fraction of sp³-hybridized carbons (Fsp3) is 0.500. The summed E-state index contributed by atoms with van der Waals surface area (Å²) < 4.78 is 7.24. The minimum absolute atomic E-state index is 0.0429. The zero-order chi connectivity index (χ0) is 17.9. The summed E-state index contributed by atoms with van der Waals surface area (Å²) in [7, 11) is 0. The lowest BCUT2D eigenvalue weighted by Gasteiger charge is -2.37. The van der Waals surface area contributed by atoms with Gasteiger partial charge in [0.05, 0.1) is 12.7 Å². The number of hydrogen-bond acceptors (Lipinski definition) is 5. The summed E-state index contributed by atoms with van der Waals surface area (Å²) in [5.74, 6) is 0.515. The molecule has 1 aliphatic heterocycles. The molecule has 1 aromatic carbocycles. The SMILES string of the molecule is CC(C)n1cc([C@]2(O)CCCN(C(=O)COc3ccccc3)C2)nn1. The molecule has 1 saturated heterocycles. The fourth-order valence-corrected chi connectivity index (χ4v) is 2.95. The average Bonchev–Trinajstić information content (AvgIpc) is 3.12. The molecular weight excluding hydrogens is 320 g/mol. The van der Waals surface area contributed by atoms with Crippen molar-refractivity contribution in [2.24, 2.45) is 0 Å². The number of likely N-dealkylation sites (tertiary alicyclic amines) is 1. The summed E-state index contributed by atoms with van der Waals surface area (Å²) in [6.45, 7) is 4.78. The maximum Gasteiger partial charge on any atom is 0.260 e. The van der Waals surface area contributed by atoms with Gasteiger partial charge in [0.25, 0.3) is 5.91 Å². The van der Waals surface area contributed by atoms with Crippen molar-refractivity contribution in [2.45, 2.75) is 38.3 Å². The van der Waals surface area contributed by atoms with E-state index >= 15 is 0 Å². The van der Waals surface area contributed by atoms with Crippen LogP contribution in [0, 0.1) is 0 Å². The lowest BCUT2D eigenvalue weighted by Crippen LogP contribution is -2.50. The minimum atomic E-state index is -1.16. The van der Waals surface area contributed by atoms with Gasteiger partial charge in [-0.15, -0.1) is 5.10 Å². The van der Waals surface area contributed by atoms with Gasteiger partial charge in [-0.25, -0.2) is 4.68 Å². The van der Waals surface area contributed by atoms with Crippen LogP contribution in [0.3, 0.4) is 0 Å². The Morgan fingerprint density at radius 2 is 2.12 bits per heavy atom. The molecule has 0 saturated carbocycles. The number of rotatable bonds is 5. The quantitative estimate of drug-likeness (QED) is 0.894. The molecule has 1 atom stereocenters. The third-order valence-corrected chi connectivity index (χ3v) is 4.45. The number of β-amino-alcohol motifs (C(OH)–C–C–N with tert-alkyl or cyclic N) is 1. The van der Waals surface area contributed by atoms with E-state index in [-0.39, 0.29) is 25.1 Å². The molecule has 134 valence electrons. The van der Waals surface area contributed by atoms with Crippen LogP contribution in [0.5, 0.6) is 5.75 Å². The van der Waals surface area contributed by atoms with E-state index in [0.29, 0.717) is 30.8 Å². The topological polar surface area (TPSA) is 80.5 Å². The first kappa shape index (κ1) is 17.4. The van der Waals surface area contributed by atoms with Crippen molar-refractivity contribution >= 4 is 5.91 Å². The molecule has 0 unspecified atom stereocenters. The van der Waals surface area contributed by atoms with E-state index in [0.717, 1.165) is 0 Å². The first-order chi connectivity index (χ1) is 12.0. The van der Waals surface area contributed by atoms with E-state index in [1.54, 1.807) is 15.8 Å². The van der Waals surface area contributed by atoms with Gasteiger partial charge in [0.1, 0.15) is 17.0 Å². The summed E-state index contributed by atoms with van der Waals surface area (Å²) in [5.41, 5.74) is -0.643. The van der Waals surface area contributed by atoms with Gasteiger partial charge in [0.2, 0.25) is 0 Å². The Kier molecular flexibility index (Phi) is 5.03.